The Morgan fingerprint density at radius 2 is 2.25 bits per heavy atom. The molecule has 0 amide bonds. The van der Waals surface area contributed by atoms with Crippen molar-refractivity contribution in [1.29, 1.82) is 0 Å². The number of rotatable bonds is 5. The summed E-state index contributed by atoms with van der Waals surface area (Å²) in [6.07, 6.45) is 5.37. The van der Waals surface area contributed by atoms with Crippen LogP contribution in [-0.2, 0) is 6.54 Å². The Kier molecular flexibility index (Phi) is 3.29. The normalized spacial score (nSPS) is 15.6. The summed E-state index contributed by atoms with van der Waals surface area (Å²) in [5.74, 6) is 0. The van der Waals surface area contributed by atoms with Gasteiger partial charge in [0, 0.05) is 30.5 Å². The van der Waals surface area contributed by atoms with Gasteiger partial charge in [-0.05, 0) is 38.9 Å². The molecule has 2 rings (SSSR count). The van der Waals surface area contributed by atoms with Gasteiger partial charge in [-0.3, -0.25) is 4.79 Å². The van der Waals surface area contributed by atoms with Gasteiger partial charge in [0.1, 0.15) is 0 Å². The van der Waals surface area contributed by atoms with Crippen LogP contribution in [0.5, 0.6) is 0 Å². The number of hydrogen-bond donors (Lipinski definition) is 1. The minimum atomic E-state index is 0.0308. The van der Waals surface area contributed by atoms with Crippen molar-refractivity contribution in [3.63, 3.8) is 0 Å². The molecule has 0 bridgehead atoms. The zero-order valence-corrected chi connectivity index (χ0v) is 9.72. The molecule has 1 heterocycles. The van der Waals surface area contributed by atoms with E-state index in [1.165, 1.54) is 18.9 Å². The van der Waals surface area contributed by atoms with Gasteiger partial charge in [0.15, 0.2) is 0 Å². The lowest BCUT2D eigenvalue weighted by molar-refractivity contribution is 0.311. The van der Waals surface area contributed by atoms with Gasteiger partial charge in [0.2, 0.25) is 0 Å². The van der Waals surface area contributed by atoms with E-state index < -0.39 is 0 Å². The number of nitrogen functional groups attached to an aromatic ring is 1. The molecule has 1 aromatic heterocycles. The van der Waals surface area contributed by atoms with Crippen LogP contribution in [0.2, 0.25) is 0 Å². The first kappa shape index (κ1) is 11.2. The van der Waals surface area contributed by atoms with Crippen molar-refractivity contribution >= 4 is 5.69 Å². The predicted octanol–water partition coefficient (Wildman–Crippen LogP) is 0.915. The summed E-state index contributed by atoms with van der Waals surface area (Å²) in [4.78, 5) is 13.9. The number of nitrogens with two attached hydrogens (primary N) is 1. The second-order valence-electron chi connectivity index (χ2n) is 4.56. The third-order valence-electron chi connectivity index (χ3n) is 3.09. The number of aromatic nitrogens is 1. The molecule has 0 radical (unpaired) electrons. The molecule has 0 spiro atoms. The lowest BCUT2D eigenvalue weighted by atomic mass is 10.3. The maximum Gasteiger partial charge on any atom is 0.250 e. The van der Waals surface area contributed by atoms with Crippen molar-refractivity contribution in [2.45, 2.75) is 31.8 Å². The molecule has 1 aliphatic carbocycles. The molecule has 4 nitrogen and oxygen atoms in total. The fourth-order valence-electron chi connectivity index (χ4n) is 1.91. The first-order valence-electron chi connectivity index (χ1n) is 5.83. The van der Waals surface area contributed by atoms with E-state index in [1.807, 2.05) is 0 Å². The molecule has 0 aliphatic heterocycles. The molecule has 0 aromatic carbocycles. The Morgan fingerprint density at radius 3 is 2.94 bits per heavy atom. The fraction of sp³-hybridized carbons (Fsp3) is 0.583. The highest BCUT2D eigenvalue weighted by Crippen LogP contribution is 2.25. The van der Waals surface area contributed by atoms with Crippen molar-refractivity contribution < 1.29 is 0 Å². The summed E-state index contributed by atoms with van der Waals surface area (Å²) in [5, 5.41) is 0. The van der Waals surface area contributed by atoms with Crippen molar-refractivity contribution in [2.24, 2.45) is 0 Å². The number of anilines is 1. The summed E-state index contributed by atoms with van der Waals surface area (Å²) < 4.78 is 1.69. The molecule has 4 heteroatoms. The van der Waals surface area contributed by atoms with Gasteiger partial charge in [-0.15, -0.1) is 0 Å². The molecular formula is C12H19N3O. The molecule has 88 valence electrons. The predicted molar refractivity (Wildman–Crippen MR) is 65.4 cm³/mol. The maximum atomic E-state index is 11.5. The summed E-state index contributed by atoms with van der Waals surface area (Å²) in [6.45, 7) is 1.80. The highest BCUT2D eigenvalue weighted by Gasteiger charge is 2.25. The van der Waals surface area contributed by atoms with Crippen LogP contribution in [0.3, 0.4) is 0 Å². The van der Waals surface area contributed by atoms with Gasteiger partial charge in [-0.2, -0.15) is 0 Å². The Bertz CT molecular complexity index is 409. The SMILES string of the molecule is CN(CCCn1cc(N)ccc1=O)C1CC1. The van der Waals surface area contributed by atoms with E-state index in [1.54, 1.807) is 16.8 Å². The van der Waals surface area contributed by atoms with Gasteiger partial charge in [-0.1, -0.05) is 0 Å². The molecule has 16 heavy (non-hydrogen) atoms. The highest BCUT2D eigenvalue weighted by molar-refractivity contribution is 5.33. The molecule has 1 aromatic rings. The zero-order chi connectivity index (χ0) is 11.5. The van der Waals surface area contributed by atoms with Crippen molar-refractivity contribution in [3.8, 4) is 0 Å². The molecule has 1 fully saturated rings. The van der Waals surface area contributed by atoms with Crippen LogP contribution in [0.1, 0.15) is 19.3 Å². The van der Waals surface area contributed by atoms with E-state index >= 15 is 0 Å². The highest BCUT2D eigenvalue weighted by atomic mass is 16.1. The standard InChI is InChI=1S/C12H19N3O/c1-14(11-4-5-11)7-2-8-15-9-10(13)3-6-12(15)16/h3,6,9,11H,2,4-5,7-8,13H2,1H3. The average Bonchev–Trinajstić information content (AvgIpc) is 3.06. The minimum absolute atomic E-state index is 0.0308. The van der Waals surface area contributed by atoms with Crippen LogP contribution in [0.15, 0.2) is 23.1 Å². The van der Waals surface area contributed by atoms with E-state index in [4.69, 9.17) is 5.73 Å². The second kappa shape index (κ2) is 4.70. The number of pyridine rings is 1. The molecule has 0 saturated heterocycles. The van der Waals surface area contributed by atoms with Gasteiger partial charge >= 0.3 is 0 Å². The quantitative estimate of drug-likeness (QED) is 0.804. The Morgan fingerprint density at radius 1 is 1.50 bits per heavy atom. The zero-order valence-electron chi connectivity index (χ0n) is 9.72. The first-order chi connectivity index (χ1) is 7.66. The average molecular weight is 221 g/mol. The van der Waals surface area contributed by atoms with Crippen LogP contribution in [0, 0.1) is 0 Å². The van der Waals surface area contributed by atoms with Crippen molar-refractivity contribution in [2.75, 3.05) is 19.3 Å². The van der Waals surface area contributed by atoms with E-state index in [0.717, 1.165) is 25.6 Å². The third kappa shape index (κ3) is 2.85. The molecule has 0 atom stereocenters. The fourth-order valence-corrected chi connectivity index (χ4v) is 1.91. The van der Waals surface area contributed by atoms with Gasteiger partial charge in [0.25, 0.3) is 5.56 Å². The van der Waals surface area contributed by atoms with E-state index in [-0.39, 0.29) is 5.56 Å². The van der Waals surface area contributed by atoms with Gasteiger partial charge in [-0.25, -0.2) is 0 Å². The van der Waals surface area contributed by atoms with Crippen LogP contribution in [0.4, 0.5) is 5.69 Å². The van der Waals surface area contributed by atoms with Crippen LogP contribution in [0.25, 0.3) is 0 Å². The largest absolute Gasteiger partial charge is 0.398 e. The van der Waals surface area contributed by atoms with Crippen LogP contribution >= 0.6 is 0 Å². The molecule has 0 unspecified atom stereocenters. The summed E-state index contributed by atoms with van der Waals surface area (Å²) in [7, 11) is 2.15. The molecule has 1 saturated carbocycles. The van der Waals surface area contributed by atoms with Crippen molar-refractivity contribution in [1.82, 2.24) is 9.47 Å². The lowest BCUT2D eigenvalue weighted by Crippen LogP contribution is -2.25. The molecule has 1 aliphatic rings. The first-order valence-corrected chi connectivity index (χ1v) is 5.83. The van der Waals surface area contributed by atoms with E-state index in [0.29, 0.717) is 5.69 Å². The summed E-state index contributed by atoms with van der Waals surface area (Å²) in [5.41, 5.74) is 6.33. The van der Waals surface area contributed by atoms with Gasteiger partial charge in [0.05, 0.1) is 0 Å². The Hall–Kier alpha value is -1.29. The number of hydrogen-bond acceptors (Lipinski definition) is 3. The summed E-state index contributed by atoms with van der Waals surface area (Å²) >= 11 is 0. The summed E-state index contributed by atoms with van der Waals surface area (Å²) in [6, 6.07) is 3.97. The van der Waals surface area contributed by atoms with Crippen LogP contribution in [-0.4, -0.2) is 29.1 Å². The van der Waals surface area contributed by atoms with E-state index in [9.17, 15) is 4.79 Å². The van der Waals surface area contributed by atoms with Crippen molar-refractivity contribution in [3.05, 3.63) is 28.7 Å². The molecular weight excluding hydrogens is 202 g/mol. The lowest BCUT2D eigenvalue weighted by Gasteiger charge is -2.15. The Balaban J connectivity index is 1.84. The number of aryl methyl sites for hydroxylation is 1. The molecule has 2 N–H and O–H groups in total. The van der Waals surface area contributed by atoms with Crippen LogP contribution < -0.4 is 11.3 Å². The third-order valence-corrected chi connectivity index (χ3v) is 3.09. The van der Waals surface area contributed by atoms with Gasteiger partial charge < -0.3 is 15.2 Å². The van der Waals surface area contributed by atoms with E-state index in [2.05, 4.69) is 11.9 Å². The second-order valence-corrected chi connectivity index (χ2v) is 4.56. The monoisotopic (exact) mass is 221 g/mol. The maximum absolute atomic E-state index is 11.5. The number of nitrogens with zero attached hydrogens (tertiary/aromatic N) is 2. The minimum Gasteiger partial charge on any atom is -0.398 e. The smallest absolute Gasteiger partial charge is 0.250 e. The topological polar surface area (TPSA) is 51.3 Å². The Labute approximate surface area is 95.7 Å².